The minimum atomic E-state index is 0.0700. The number of amides is 1. The Balaban J connectivity index is 1.97. The minimum absolute atomic E-state index is 0.0700. The van der Waals surface area contributed by atoms with E-state index in [0.29, 0.717) is 5.92 Å². The first-order valence-corrected chi connectivity index (χ1v) is 7.52. The number of hydrogen-bond acceptors (Lipinski definition) is 2. The summed E-state index contributed by atoms with van der Waals surface area (Å²) in [5, 5.41) is 4.23. The standard InChI is InChI=1S/C17H24N2O/c1-12(2)14-8-10-15(11-9-14)13(3)18-19-17(20)16-6-4-5-7-16/h8-12,16H,4-7H2,1-3H3,(H,19,20)/b18-13-. The van der Waals surface area contributed by atoms with Gasteiger partial charge in [-0.1, -0.05) is 51.0 Å². The normalized spacial score (nSPS) is 16.7. The molecule has 3 nitrogen and oxygen atoms in total. The van der Waals surface area contributed by atoms with Gasteiger partial charge in [0.1, 0.15) is 0 Å². The van der Waals surface area contributed by atoms with Gasteiger partial charge in [0.15, 0.2) is 0 Å². The molecule has 1 amide bonds. The highest BCUT2D eigenvalue weighted by molar-refractivity contribution is 5.99. The van der Waals surface area contributed by atoms with Crippen molar-refractivity contribution in [2.75, 3.05) is 0 Å². The number of carbonyl (C=O) groups is 1. The Kier molecular flexibility index (Phi) is 4.94. The van der Waals surface area contributed by atoms with Gasteiger partial charge in [-0.25, -0.2) is 5.43 Å². The highest BCUT2D eigenvalue weighted by atomic mass is 16.2. The van der Waals surface area contributed by atoms with Crippen LogP contribution in [0, 0.1) is 5.92 Å². The smallest absolute Gasteiger partial charge is 0.243 e. The predicted molar refractivity (Wildman–Crippen MR) is 82.8 cm³/mol. The molecule has 3 heteroatoms. The van der Waals surface area contributed by atoms with Crippen molar-refractivity contribution in [1.82, 2.24) is 5.43 Å². The molecule has 0 radical (unpaired) electrons. The fourth-order valence-electron chi connectivity index (χ4n) is 2.59. The monoisotopic (exact) mass is 272 g/mol. The van der Waals surface area contributed by atoms with Gasteiger partial charge in [-0.2, -0.15) is 5.10 Å². The van der Waals surface area contributed by atoms with E-state index in [1.165, 1.54) is 5.56 Å². The van der Waals surface area contributed by atoms with Crippen LogP contribution in [0.3, 0.4) is 0 Å². The molecular formula is C17H24N2O. The Bertz CT molecular complexity index is 482. The molecule has 108 valence electrons. The second kappa shape index (κ2) is 6.69. The van der Waals surface area contributed by atoms with Crippen LogP contribution in [0.25, 0.3) is 0 Å². The van der Waals surface area contributed by atoms with Crippen molar-refractivity contribution in [3.8, 4) is 0 Å². The van der Waals surface area contributed by atoms with E-state index in [2.05, 4.69) is 48.6 Å². The fourth-order valence-corrected chi connectivity index (χ4v) is 2.59. The molecule has 2 rings (SSSR count). The first-order valence-electron chi connectivity index (χ1n) is 7.52. The maximum Gasteiger partial charge on any atom is 0.243 e. The zero-order valence-electron chi connectivity index (χ0n) is 12.6. The van der Waals surface area contributed by atoms with E-state index >= 15 is 0 Å². The van der Waals surface area contributed by atoms with Crippen molar-refractivity contribution in [2.45, 2.75) is 52.4 Å². The summed E-state index contributed by atoms with van der Waals surface area (Å²) >= 11 is 0. The van der Waals surface area contributed by atoms with Gasteiger partial charge in [0.2, 0.25) is 5.91 Å². The van der Waals surface area contributed by atoms with Crippen LogP contribution >= 0.6 is 0 Å². The lowest BCUT2D eigenvalue weighted by Crippen LogP contribution is -2.25. The van der Waals surface area contributed by atoms with Gasteiger partial charge in [0.05, 0.1) is 5.71 Å². The highest BCUT2D eigenvalue weighted by Gasteiger charge is 2.22. The van der Waals surface area contributed by atoms with E-state index in [9.17, 15) is 4.79 Å². The lowest BCUT2D eigenvalue weighted by Gasteiger charge is -2.09. The molecule has 1 aliphatic carbocycles. The molecule has 1 fully saturated rings. The van der Waals surface area contributed by atoms with Crippen LogP contribution < -0.4 is 5.43 Å². The SMILES string of the molecule is C/C(=N/NC(=O)C1CCCC1)c1ccc(C(C)C)cc1. The molecule has 1 aromatic rings. The van der Waals surface area contributed by atoms with Gasteiger partial charge in [-0.05, 0) is 36.8 Å². The summed E-state index contributed by atoms with van der Waals surface area (Å²) in [6.45, 7) is 6.29. The molecule has 0 heterocycles. The van der Waals surface area contributed by atoms with Crippen molar-refractivity contribution < 1.29 is 4.79 Å². The molecule has 0 spiro atoms. The third-order valence-electron chi connectivity index (χ3n) is 4.05. The number of rotatable bonds is 4. The van der Waals surface area contributed by atoms with Crippen molar-refractivity contribution >= 4 is 11.6 Å². The van der Waals surface area contributed by atoms with E-state index in [4.69, 9.17) is 0 Å². The summed E-state index contributed by atoms with van der Waals surface area (Å²) in [5.41, 5.74) is 5.94. The van der Waals surface area contributed by atoms with Crippen molar-refractivity contribution in [1.29, 1.82) is 0 Å². The van der Waals surface area contributed by atoms with Gasteiger partial charge < -0.3 is 0 Å². The molecule has 0 unspecified atom stereocenters. The molecule has 1 N–H and O–H groups in total. The Hall–Kier alpha value is -1.64. The number of nitrogens with zero attached hydrogens (tertiary/aromatic N) is 1. The summed E-state index contributed by atoms with van der Waals surface area (Å²) in [6, 6.07) is 8.38. The molecule has 0 atom stereocenters. The van der Waals surface area contributed by atoms with Gasteiger partial charge in [0.25, 0.3) is 0 Å². The zero-order chi connectivity index (χ0) is 14.5. The van der Waals surface area contributed by atoms with Crippen LogP contribution in [0.1, 0.15) is 63.5 Å². The number of nitrogens with one attached hydrogen (secondary N) is 1. The molecular weight excluding hydrogens is 248 g/mol. The first-order chi connectivity index (χ1) is 9.58. The summed E-state index contributed by atoms with van der Waals surface area (Å²) in [7, 11) is 0. The largest absolute Gasteiger partial charge is 0.273 e. The quantitative estimate of drug-likeness (QED) is 0.656. The lowest BCUT2D eigenvalue weighted by molar-refractivity contribution is -0.124. The second-order valence-corrected chi connectivity index (χ2v) is 5.93. The van der Waals surface area contributed by atoms with Crippen LogP contribution in [0.4, 0.5) is 0 Å². The number of hydrazone groups is 1. The van der Waals surface area contributed by atoms with Crippen molar-refractivity contribution in [3.05, 3.63) is 35.4 Å². The van der Waals surface area contributed by atoms with E-state index in [0.717, 1.165) is 37.0 Å². The molecule has 20 heavy (non-hydrogen) atoms. The molecule has 1 aromatic carbocycles. The molecule has 1 saturated carbocycles. The van der Waals surface area contributed by atoms with Gasteiger partial charge in [0, 0.05) is 5.92 Å². The number of hydrogen-bond donors (Lipinski definition) is 1. The maximum absolute atomic E-state index is 11.9. The third kappa shape index (κ3) is 3.69. The number of benzene rings is 1. The van der Waals surface area contributed by atoms with Crippen LogP contribution in [0.2, 0.25) is 0 Å². The highest BCUT2D eigenvalue weighted by Crippen LogP contribution is 2.24. The molecule has 1 aliphatic rings. The Morgan fingerprint density at radius 3 is 2.35 bits per heavy atom. The summed E-state index contributed by atoms with van der Waals surface area (Å²) in [5.74, 6) is 0.763. The maximum atomic E-state index is 11.9. The van der Waals surface area contributed by atoms with Crippen molar-refractivity contribution in [2.24, 2.45) is 11.0 Å². The van der Waals surface area contributed by atoms with Crippen LogP contribution in [-0.4, -0.2) is 11.6 Å². The lowest BCUT2D eigenvalue weighted by atomic mass is 10.0. The number of carbonyl (C=O) groups excluding carboxylic acids is 1. The topological polar surface area (TPSA) is 41.5 Å². The van der Waals surface area contributed by atoms with Gasteiger partial charge >= 0.3 is 0 Å². The molecule has 0 saturated heterocycles. The zero-order valence-corrected chi connectivity index (χ0v) is 12.6. The second-order valence-electron chi connectivity index (χ2n) is 5.93. The third-order valence-corrected chi connectivity index (χ3v) is 4.05. The Labute approximate surface area is 121 Å². The van der Waals surface area contributed by atoms with Gasteiger partial charge in [-0.15, -0.1) is 0 Å². The first kappa shape index (κ1) is 14.8. The van der Waals surface area contributed by atoms with Crippen LogP contribution in [0.5, 0.6) is 0 Å². The molecule has 0 bridgehead atoms. The molecule has 0 aliphatic heterocycles. The van der Waals surface area contributed by atoms with Gasteiger partial charge in [-0.3, -0.25) is 4.79 Å². The predicted octanol–water partition coefficient (Wildman–Crippen LogP) is 3.84. The summed E-state index contributed by atoms with van der Waals surface area (Å²) in [6.07, 6.45) is 4.34. The minimum Gasteiger partial charge on any atom is -0.273 e. The molecule has 0 aromatic heterocycles. The van der Waals surface area contributed by atoms with E-state index in [1.54, 1.807) is 0 Å². The van der Waals surface area contributed by atoms with E-state index in [1.807, 2.05) is 6.92 Å². The Morgan fingerprint density at radius 1 is 1.20 bits per heavy atom. The van der Waals surface area contributed by atoms with Crippen LogP contribution in [-0.2, 0) is 4.79 Å². The van der Waals surface area contributed by atoms with Crippen molar-refractivity contribution in [3.63, 3.8) is 0 Å². The summed E-state index contributed by atoms with van der Waals surface area (Å²) < 4.78 is 0. The fraction of sp³-hybridized carbons (Fsp3) is 0.529. The van der Waals surface area contributed by atoms with E-state index < -0.39 is 0 Å². The van der Waals surface area contributed by atoms with E-state index in [-0.39, 0.29) is 11.8 Å². The summed E-state index contributed by atoms with van der Waals surface area (Å²) in [4.78, 5) is 11.9. The van der Waals surface area contributed by atoms with Crippen LogP contribution in [0.15, 0.2) is 29.4 Å². The Morgan fingerprint density at radius 2 is 1.80 bits per heavy atom. The average Bonchev–Trinajstić information content (AvgIpc) is 2.98. The average molecular weight is 272 g/mol.